The summed E-state index contributed by atoms with van der Waals surface area (Å²) in [6.45, 7) is 7.11. The molecule has 2 rings (SSSR count). The molecular formula is C17H25ClN2O2. The fourth-order valence-electron chi connectivity index (χ4n) is 2.70. The van der Waals surface area contributed by atoms with Crippen LogP contribution in [0.15, 0.2) is 24.3 Å². The smallest absolute Gasteiger partial charge is 0.410 e. The maximum Gasteiger partial charge on any atom is 0.410 e. The minimum Gasteiger partial charge on any atom is -0.444 e. The number of carbonyl (C=O) groups excluding carboxylic acids is 1. The lowest BCUT2D eigenvalue weighted by atomic mass is 10.0. The van der Waals surface area contributed by atoms with E-state index in [2.05, 4.69) is 11.9 Å². The van der Waals surface area contributed by atoms with Crippen molar-refractivity contribution < 1.29 is 9.53 Å². The Bertz CT molecular complexity index is 520. The number of amides is 1. The van der Waals surface area contributed by atoms with Crippen LogP contribution in [0.2, 0.25) is 5.02 Å². The Balaban J connectivity index is 1.92. The van der Waals surface area contributed by atoms with Crippen LogP contribution in [0, 0.1) is 0 Å². The van der Waals surface area contributed by atoms with Crippen molar-refractivity contribution in [3.63, 3.8) is 0 Å². The zero-order valence-electron chi connectivity index (χ0n) is 13.8. The molecule has 0 aliphatic carbocycles. The molecule has 1 aliphatic rings. The minimum atomic E-state index is -0.442. The Morgan fingerprint density at radius 3 is 2.41 bits per heavy atom. The van der Waals surface area contributed by atoms with Crippen LogP contribution in [0.25, 0.3) is 0 Å². The lowest BCUT2D eigenvalue weighted by Crippen LogP contribution is -2.47. The van der Waals surface area contributed by atoms with E-state index in [0.29, 0.717) is 19.1 Å². The van der Waals surface area contributed by atoms with Gasteiger partial charge in [0.25, 0.3) is 0 Å². The number of piperidine rings is 1. The number of benzene rings is 1. The van der Waals surface area contributed by atoms with Gasteiger partial charge < -0.3 is 14.5 Å². The largest absolute Gasteiger partial charge is 0.444 e. The van der Waals surface area contributed by atoms with Gasteiger partial charge >= 0.3 is 6.09 Å². The standard InChI is InChI=1S/C17H25ClN2O2/c1-17(2,3)22-16(21)20-11-9-13(10-12-20)19(4)15-8-6-5-7-14(15)18/h5-8,13H,9-12H2,1-4H3. The number of halogens is 1. The lowest BCUT2D eigenvalue weighted by Gasteiger charge is -2.38. The van der Waals surface area contributed by atoms with Crippen LogP contribution in [-0.4, -0.2) is 42.8 Å². The van der Waals surface area contributed by atoms with Crippen LogP contribution in [0.5, 0.6) is 0 Å². The zero-order valence-corrected chi connectivity index (χ0v) is 14.6. The molecule has 1 aliphatic heterocycles. The molecule has 1 aromatic carbocycles. The highest BCUT2D eigenvalue weighted by Gasteiger charge is 2.28. The van der Waals surface area contributed by atoms with Crippen LogP contribution >= 0.6 is 11.6 Å². The number of hydrogen-bond acceptors (Lipinski definition) is 3. The Kier molecular flexibility index (Phi) is 5.22. The van der Waals surface area contributed by atoms with Crippen LogP contribution in [0.1, 0.15) is 33.6 Å². The SMILES string of the molecule is CN(c1ccccc1Cl)C1CCN(C(=O)OC(C)(C)C)CC1. The normalized spacial score (nSPS) is 16.5. The molecule has 1 saturated heterocycles. The number of hydrogen-bond donors (Lipinski definition) is 0. The van der Waals surface area contributed by atoms with Crippen molar-refractivity contribution >= 4 is 23.4 Å². The summed E-state index contributed by atoms with van der Waals surface area (Å²) < 4.78 is 5.43. The van der Waals surface area contributed by atoms with E-state index in [9.17, 15) is 4.79 Å². The molecule has 0 bridgehead atoms. The Morgan fingerprint density at radius 2 is 1.86 bits per heavy atom. The molecule has 0 N–H and O–H groups in total. The number of ether oxygens (including phenoxy) is 1. The van der Waals surface area contributed by atoms with Gasteiger partial charge in [0.15, 0.2) is 0 Å². The van der Waals surface area contributed by atoms with Gasteiger partial charge in [0, 0.05) is 26.2 Å². The molecule has 0 atom stereocenters. The van der Waals surface area contributed by atoms with E-state index >= 15 is 0 Å². The monoisotopic (exact) mass is 324 g/mol. The minimum absolute atomic E-state index is 0.216. The molecule has 0 saturated carbocycles. The van der Waals surface area contributed by atoms with E-state index < -0.39 is 5.60 Å². The molecule has 5 heteroatoms. The predicted molar refractivity (Wildman–Crippen MR) is 90.7 cm³/mol. The van der Waals surface area contributed by atoms with Crippen molar-refractivity contribution in [3.05, 3.63) is 29.3 Å². The summed E-state index contributed by atoms with van der Waals surface area (Å²) >= 11 is 6.26. The first kappa shape index (κ1) is 16.9. The number of rotatable bonds is 2. The van der Waals surface area contributed by atoms with Crippen LogP contribution in [0.3, 0.4) is 0 Å². The Morgan fingerprint density at radius 1 is 1.27 bits per heavy atom. The molecule has 0 radical (unpaired) electrons. The van der Waals surface area contributed by atoms with E-state index in [1.165, 1.54) is 0 Å². The average molecular weight is 325 g/mol. The predicted octanol–water partition coefficient (Wildman–Crippen LogP) is 4.18. The van der Waals surface area contributed by atoms with Gasteiger partial charge in [-0.1, -0.05) is 23.7 Å². The topological polar surface area (TPSA) is 32.8 Å². The van der Waals surface area contributed by atoms with Gasteiger partial charge in [-0.25, -0.2) is 4.79 Å². The van der Waals surface area contributed by atoms with Gasteiger partial charge in [-0.2, -0.15) is 0 Å². The molecule has 1 fully saturated rings. The van der Waals surface area contributed by atoms with Crippen molar-refractivity contribution in [1.29, 1.82) is 0 Å². The van der Waals surface area contributed by atoms with E-state index in [4.69, 9.17) is 16.3 Å². The van der Waals surface area contributed by atoms with Crippen molar-refractivity contribution in [2.75, 3.05) is 25.0 Å². The van der Waals surface area contributed by atoms with E-state index in [1.54, 1.807) is 4.90 Å². The molecule has 0 spiro atoms. The molecule has 1 aromatic rings. The Labute approximate surface area is 138 Å². The first-order valence-electron chi connectivity index (χ1n) is 7.73. The highest BCUT2D eigenvalue weighted by atomic mass is 35.5. The second kappa shape index (κ2) is 6.78. The van der Waals surface area contributed by atoms with E-state index in [0.717, 1.165) is 23.6 Å². The van der Waals surface area contributed by atoms with Crippen LogP contribution in [-0.2, 0) is 4.74 Å². The maximum absolute atomic E-state index is 12.1. The third-order valence-electron chi connectivity index (χ3n) is 3.90. The third kappa shape index (κ3) is 4.29. The van der Waals surface area contributed by atoms with Crippen LogP contribution in [0.4, 0.5) is 10.5 Å². The summed E-state index contributed by atoms with van der Waals surface area (Å²) in [5.41, 5.74) is 0.599. The van der Waals surface area contributed by atoms with Crippen molar-refractivity contribution in [2.24, 2.45) is 0 Å². The fraction of sp³-hybridized carbons (Fsp3) is 0.588. The fourth-order valence-corrected chi connectivity index (χ4v) is 2.97. The van der Waals surface area contributed by atoms with Gasteiger partial charge in [-0.3, -0.25) is 0 Å². The molecule has 4 nitrogen and oxygen atoms in total. The second-order valence-corrected chi connectivity index (χ2v) is 7.17. The van der Waals surface area contributed by atoms with Crippen molar-refractivity contribution in [3.8, 4) is 0 Å². The summed E-state index contributed by atoms with van der Waals surface area (Å²) in [4.78, 5) is 16.1. The molecule has 1 amide bonds. The first-order valence-corrected chi connectivity index (χ1v) is 8.11. The summed E-state index contributed by atoms with van der Waals surface area (Å²) in [7, 11) is 2.06. The Hall–Kier alpha value is -1.42. The maximum atomic E-state index is 12.1. The third-order valence-corrected chi connectivity index (χ3v) is 4.22. The van der Waals surface area contributed by atoms with Gasteiger partial charge in [-0.15, -0.1) is 0 Å². The summed E-state index contributed by atoms with van der Waals surface area (Å²) in [5.74, 6) is 0. The second-order valence-electron chi connectivity index (χ2n) is 6.76. The lowest BCUT2D eigenvalue weighted by molar-refractivity contribution is 0.0205. The van der Waals surface area contributed by atoms with Crippen molar-refractivity contribution in [2.45, 2.75) is 45.3 Å². The summed E-state index contributed by atoms with van der Waals surface area (Å²) in [6.07, 6.45) is 1.62. The average Bonchev–Trinajstić information content (AvgIpc) is 2.45. The number of anilines is 1. The van der Waals surface area contributed by atoms with Gasteiger partial charge in [0.1, 0.15) is 5.60 Å². The molecule has 122 valence electrons. The first-order chi connectivity index (χ1) is 10.3. The van der Waals surface area contributed by atoms with Crippen LogP contribution < -0.4 is 4.90 Å². The number of carbonyl (C=O) groups is 1. The highest BCUT2D eigenvalue weighted by Crippen LogP contribution is 2.29. The number of likely N-dealkylation sites (tertiary alicyclic amines) is 1. The summed E-state index contributed by atoms with van der Waals surface area (Å²) in [5, 5.41) is 0.763. The van der Waals surface area contributed by atoms with E-state index in [-0.39, 0.29) is 6.09 Å². The molecule has 22 heavy (non-hydrogen) atoms. The van der Waals surface area contributed by atoms with Gasteiger partial charge in [0.05, 0.1) is 10.7 Å². The molecule has 1 heterocycles. The zero-order chi connectivity index (χ0) is 16.3. The molecule has 0 unspecified atom stereocenters. The molecular weight excluding hydrogens is 300 g/mol. The van der Waals surface area contributed by atoms with Gasteiger partial charge in [-0.05, 0) is 45.7 Å². The van der Waals surface area contributed by atoms with Crippen molar-refractivity contribution in [1.82, 2.24) is 4.90 Å². The van der Waals surface area contributed by atoms with E-state index in [1.807, 2.05) is 45.0 Å². The number of nitrogens with zero attached hydrogens (tertiary/aromatic N) is 2. The quantitative estimate of drug-likeness (QED) is 0.818. The number of para-hydroxylation sites is 1. The molecule has 0 aromatic heterocycles. The van der Waals surface area contributed by atoms with Gasteiger partial charge in [0.2, 0.25) is 0 Å². The highest BCUT2D eigenvalue weighted by molar-refractivity contribution is 6.33. The summed E-state index contributed by atoms with van der Waals surface area (Å²) in [6, 6.07) is 8.25.